The summed E-state index contributed by atoms with van der Waals surface area (Å²) in [6, 6.07) is 6.09. The number of aryl methyl sites for hydroxylation is 2. The van der Waals surface area contributed by atoms with Crippen molar-refractivity contribution < 1.29 is 9.47 Å². The Balaban J connectivity index is 1.93. The zero-order valence-corrected chi connectivity index (χ0v) is 15.4. The van der Waals surface area contributed by atoms with Crippen LogP contribution in [0.5, 0.6) is 11.5 Å². The summed E-state index contributed by atoms with van der Waals surface area (Å²) in [6.07, 6.45) is 2.10. The SMILES string of the molecule is CCn1cc(CNCc2ccc(OCC(C)C)c(OC)c2)c(C)n1. The van der Waals surface area contributed by atoms with Crippen LogP contribution in [0.1, 0.15) is 37.6 Å². The van der Waals surface area contributed by atoms with Crippen molar-refractivity contribution in [3.05, 3.63) is 41.2 Å². The van der Waals surface area contributed by atoms with Crippen molar-refractivity contribution in [1.29, 1.82) is 0 Å². The molecule has 0 radical (unpaired) electrons. The Morgan fingerprint density at radius 1 is 1.21 bits per heavy atom. The molecule has 0 saturated carbocycles. The van der Waals surface area contributed by atoms with Gasteiger partial charge in [-0.05, 0) is 37.5 Å². The van der Waals surface area contributed by atoms with Gasteiger partial charge in [0.2, 0.25) is 0 Å². The maximum Gasteiger partial charge on any atom is 0.161 e. The first-order chi connectivity index (χ1) is 11.5. The molecular formula is C19H29N3O2. The van der Waals surface area contributed by atoms with Crippen LogP contribution in [0.2, 0.25) is 0 Å². The van der Waals surface area contributed by atoms with Gasteiger partial charge in [-0.25, -0.2) is 0 Å². The fourth-order valence-electron chi connectivity index (χ4n) is 2.43. The van der Waals surface area contributed by atoms with Crippen LogP contribution in [0.3, 0.4) is 0 Å². The van der Waals surface area contributed by atoms with Gasteiger partial charge in [0, 0.05) is 31.4 Å². The van der Waals surface area contributed by atoms with E-state index in [-0.39, 0.29) is 0 Å². The molecule has 5 heteroatoms. The zero-order valence-electron chi connectivity index (χ0n) is 15.4. The summed E-state index contributed by atoms with van der Waals surface area (Å²) in [5.74, 6) is 2.07. The van der Waals surface area contributed by atoms with Gasteiger partial charge in [0.1, 0.15) is 0 Å². The van der Waals surface area contributed by atoms with E-state index in [2.05, 4.69) is 43.4 Å². The van der Waals surface area contributed by atoms with Crippen LogP contribution < -0.4 is 14.8 Å². The van der Waals surface area contributed by atoms with Crippen molar-refractivity contribution in [3.8, 4) is 11.5 Å². The summed E-state index contributed by atoms with van der Waals surface area (Å²) < 4.78 is 13.2. The molecule has 5 nitrogen and oxygen atoms in total. The maximum absolute atomic E-state index is 5.79. The summed E-state index contributed by atoms with van der Waals surface area (Å²) in [5, 5.41) is 7.94. The van der Waals surface area contributed by atoms with E-state index in [1.54, 1.807) is 7.11 Å². The minimum Gasteiger partial charge on any atom is -0.493 e. The number of hydrogen-bond acceptors (Lipinski definition) is 4. The van der Waals surface area contributed by atoms with E-state index in [0.717, 1.165) is 36.8 Å². The van der Waals surface area contributed by atoms with Crippen molar-refractivity contribution in [2.45, 2.75) is 47.3 Å². The van der Waals surface area contributed by atoms with Crippen molar-refractivity contribution >= 4 is 0 Å². The number of benzene rings is 1. The largest absolute Gasteiger partial charge is 0.493 e. The molecule has 0 aliphatic heterocycles. The number of methoxy groups -OCH3 is 1. The van der Waals surface area contributed by atoms with Crippen LogP contribution in [-0.4, -0.2) is 23.5 Å². The molecule has 1 N–H and O–H groups in total. The summed E-state index contributed by atoms with van der Waals surface area (Å²) in [7, 11) is 1.68. The molecule has 0 aliphatic rings. The lowest BCUT2D eigenvalue weighted by Gasteiger charge is -2.14. The van der Waals surface area contributed by atoms with E-state index in [4.69, 9.17) is 9.47 Å². The summed E-state index contributed by atoms with van der Waals surface area (Å²) >= 11 is 0. The Hall–Kier alpha value is -2.01. The molecule has 0 spiro atoms. The Morgan fingerprint density at radius 3 is 2.62 bits per heavy atom. The molecule has 0 fully saturated rings. The molecule has 1 aromatic heterocycles. The smallest absolute Gasteiger partial charge is 0.161 e. The van der Waals surface area contributed by atoms with Crippen LogP contribution in [-0.2, 0) is 19.6 Å². The second kappa shape index (κ2) is 8.73. The monoisotopic (exact) mass is 331 g/mol. The molecule has 1 heterocycles. The molecule has 1 aromatic carbocycles. The lowest BCUT2D eigenvalue weighted by atomic mass is 10.2. The standard InChI is InChI=1S/C19H29N3O2/c1-6-22-12-17(15(4)21-22)11-20-10-16-7-8-18(19(9-16)23-5)24-13-14(2)3/h7-9,12,14,20H,6,10-11,13H2,1-5H3. The highest BCUT2D eigenvalue weighted by molar-refractivity contribution is 5.43. The molecule has 0 bridgehead atoms. The Bertz CT molecular complexity index is 650. The first-order valence-corrected chi connectivity index (χ1v) is 8.56. The van der Waals surface area contributed by atoms with Gasteiger partial charge in [-0.1, -0.05) is 19.9 Å². The lowest BCUT2D eigenvalue weighted by Crippen LogP contribution is -2.13. The molecule has 0 unspecified atom stereocenters. The second-order valence-electron chi connectivity index (χ2n) is 6.39. The van der Waals surface area contributed by atoms with Crippen LogP contribution in [0.15, 0.2) is 24.4 Å². The van der Waals surface area contributed by atoms with E-state index in [1.165, 1.54) is 11.1 Å². The van der Waals surface area contributed by atoms with Crippen molar-refractivity contribution in [1.82, 2.24) is 15.1 Å². The average Bonchev–Trinajstić information content (AvgIpc) is 2.93. The number of hydrogen-bond donors (Lipinski definition) is 1. The van der Waals surface area contributed by atoms with E-state index in [9.17, 15) is 0 Å². The molecule has 0 amide bonds. The molecule has 0 saturated heterocycles. The third kappa shape index (κ3) is 4.99. The van der Waals surface area contributed by atoms with E-state index in [1.807, 2.05) is 23.7 Å². The molecule has 0 aliphatic carbocycles. The van der Waals surface area contributed by atoms with Gasteiger partial charge in [-0.2, -0.15) is 5.10 Å². The van der Waals surface area contributed by atoms with Gasteiger partial charge in [0.15, 0.2) is 11.5 Å². The van der Waals surface area contributed by atoms with Crippen LogP contribution in [0.25, 0.3) is 0 Å². The van der Waals surface area contributed by atoms with Gasteiger partial charge < -0.3 is 14.8 Å². The van der Waals surface area contributed by atoms with E-state index in [0.29, 0.717) is 12.5 Å². The second-order valence-corrected chi connectivity index (χ2v) is 6.39. The quantitative estimate of drug-likeness (QED) is 0.763. The third-order valence-electron chi connectivity index (χ3n) is 3.82. The molecule has 24 heavy (non-hydrogen) atoms. The number of nitrogens with zero attached hydrogens (tertiary/aromatic N) is 2. The van der Waals surface area contributed by atoms with Crippen molar-refractivity contribution in [3.63, 3.8) is 0 Å². The van der Waals surface area contributed by atoms with Crippen molar-refractivity contribution in [2.75, 3.05) is 13.7 Å². The number of aromatic nitrogens is 2. The fourth-order valence-corrected chi connectivity index (χ4v) is 2.43. The first kappa shape index (κ1) is 18.3. The maximum atomic E-state index is 5.79. The molecule has 2 rings (SSSR count). The lowest BCUT2D eigenvalue weighted by molar-refractivity contribution is 0.256. The normalized spacial score (nSPS) is 11.1. The fraction of sp³-hybridized carbons (Fsp3) is 0.526. The Kier molecular flexibility index (Phi) is 6.67. The predicted molar refractivity (Wildman–Crippen MR) is 96.5 cm³/mol. The minimum atomic E-state index is 0.489. The van der Waals surface area contributed by atoms with Crippen LogP contribution >= 0.6 is 0 Å². The van der Waals surface area contributed by atoms with E-state index < -0.39 is 0 Å². The highest BCUT2D eigenvalue weighted by Gasteiger charge is 2.08. The highest BCUT2D eigenvalue weighted by Crippen LogP contribution is 2.28. The number of ether oxygens (including phenoxy) is 2. The third-order valence-corrected chi connectivity index (χ3v) is 3.82. The van der Waals surface area contributed by atoms with Gasteiger partial charge >= 0.3 is 0 Å². The Labute approximate surface area is 145 Å². The predicted octanol–water partition coefficient (Wildman–Crippen LogP) is 3.54. The van der Waals surface area contributed by atoms with Crippen LogP contribution in [0.4, 0.5) is 0 Å². The summed E-state index contributed by atoms with van der Waals surface area (Å²) in [5.41, 5.74) is 3.49. The minimum absolute atomic E-state index is 0.489. The average molecular weight is 331 g/mol. The van der Waals surface area contributed by atoms with Gasteiger partial charge in [0.05, 0.1) is 19.4 Å². The molecule has 2 aromatic rings. The van der Waals surface area contributed by atoms with Crippen molar-refractivity contribution in [2.24, 2.45) is 5.92 Å². The number of nitrogens with one attached hydrogen (secondary N) is 1. The number of rotatable bonds is 9. The van der Waals surface area contributed by atoms with Gasteiger partial charge in [-0.3, -0.25) is 4.68 Å². The topological polar surface area (TPSA) is 48.3 Å². The van der Waals surface area contributed by atoms with Gasteiger partial charge in [0.25, 0.3) is 0 Å². The summed E-state index contributed by atoms with van der Waals surface area (Å²) in [6.45, 7) is 11.6. The van der Waals surface area contributed by atoms with Gasteiger partial charge in [-0.15, -0.1) is 0 Å². The molecule has 132 valence electrons. The van der Waals surface area contributed by atoms with E-state index >= 15 is 0 Å². The first-order valence-electron chi connectivity index (χ1n) is 8.56. The highest BCUT2D eigenvalue weighted by atomic mass is 16.5. The zero-order chi connectivity index (χ0) is 17.5. The molecule has 0 atom stereocenters. The summed E-state index contributed by atoms with van der Waals surface area (Å²) in [4.78, 5) is 0. The van der Waals surface area contributed by atoms with Crippen LogP contribution in [0, 0.1) is 12.8 Å². The Morgan fingerprint density at radius 2 is 2.00 bits per heavy atom. The molecular weight excluding hydrogens is 302 g/mol.